The molecule has 2 saturated heterocycles. The molecule has 2 atom stereocenters. The van der Waals surface area contributed by atoms with Gasteiger partial charge in [-0.3, -0.25) is 9.10 Å². The molecule has 2 aliphatic rings. The van der Waals surface area contributed by atoms with Crippen molar-refractivity contribution in [2.45, 2.75) is 37.4 Å². The summed E-state index contributed by atoms with van der Waals surface area (Å²) in [6.45, 7) is 3.70. The van der Waals surface area contributed by atoms with Crippen LogP contribution >= 0.6 is 0 Å². The summed E-state index contributed by atoms with van der Waals surface area (Å²) in [6, 6.07) is 10.1. The summed E-state index contributed by atoms with van der Waals surface area (Å²) in [7, 11) is -4.64. The molecule has 0 aromatic heterocycles. The van der Waals surface area contributed by atoms with Gasteiger partial charge in [0.05, 0.1) is 17.5 Å². The summed E-state index contributed by atoms with van der Waals surface area (Å²) in [6.07, 6.45) is -4.34. The highest BCUT2D eigenvalue weighted by Crippen LogP contribution is 2.43. The number of likely N-dealkylation sites (tertiary alicyclic amines) is 1. The Kier molecular flexibility index (Phi) is 6.26. The Hall–Kier alpha value is -2.82. The standard InChI is InChI=1S/C23H24F4N3O3S/c1-15-8-9-20(29-12-18-10-19(29)11-28(18)16(2)31)22(21(15)24)30(14-23(25,26)27)34(32,33)13-17-6-4-3-5-7-17/h3-9,18-19H,1,10-14H2,2H3/t18-,19-/m1/s1. The highest BCUT2D eigenvalue weighted by atomic mass is 32.2. The molecule has 11 heteroatoms. The quantitative estimate of drug-likeness (QED) is 0.570. The number of piperazine rings is 1. The van der Waals surface area contributed by atoms with Crippen LogP contribution in [0.15, 0.2) is 42.5 Å². The lowest BCUT2D eigenvalue weighted by Crippen LogP contribution is -2.49. The Morgan fingerprint density at radius 3 is 2.35 bits per heavy atom. The minimum atomic E-state index is -4.92. The van der Waals surface area contributed by atoms with Gasteiger partial charge in [-0.1, -0.05) is 36.4 Å². The van der Waals surface area contributed by atoms with Gasteiger partial charge >= 0.3 is 6.18 Å². The van der Waals surface area contributed by atoms with Crippen LogP contribution in [-0.2, 0) is 20.6 Å². The predicted molar refractivity (Wildman–Crippen MR) is 120 cm³/mol. The molecule has 183 valence electrons. The SMILES string of the molecule is [CH2]c1ccc(N2C[C@H]3C[C@@H]2CN3C(C)=O)c(N(CC(F)(F)F)S(=O)(=O)Cc2ccccc2)c1F. The molecule has 0 spiro atoms. The van der Waals surface area contributed by atoms with Crippen LogP contribution < -0.4 is 9.21 Å². The number of hydrogen-bond acceptors (Lipinski definition) is 4. The molecule has 2 heterocycles. The van der Waals surface area contributed by atoms with Gasteiger partial charge in [0.25, 0.3) is 0 Å². The first kappa shape index (κ1) is 24.3. The Morgan fingerprint density at radius 1 is 1.12 bits per heavy atom. The molecular weight excluding hydrogens is 474 g/mol. The van der Waals surface area contributed by atoms with Crippen molar-refractivity contribution in [3.63, 3.8) is 0 Å². The van der Waals surface area contributed by atoms with Gasteiger partial charge in [-0.05, 0) is 30.5 Å². The fourth-order valence-electron chi connectivity index (χ4n) is 4.75. The van der Waals surface area contributed by atoms with Crippen LogP contribution in [-0.4, -0.2) is 57.1 Å². The van der Waals surface area contributed by atoms with Gasteiger partial charge in [-0.25, -0.2) is 12.8 Å². The lowest BCUT2D eigenvalue weighted by molar-refractivity contribution is -0.129. The van der Waals surface area contributed by atoms with E-state index in [2.05, 4.69) is 6.92 Å². The van der Waals surface area contributed by atoms with Gasteiger partial charge in [0.2, 0.25) is 15.9 Å². The maximum absolute atomic E-state index is 15.4. The summed E-state index contributed by atoms with van der Waals surface area (Å²) in [5.41, 5.74) is -0.556. The van der Waals surface area contributed by atoms with Gasteiger partial charge in [-0.15, -0.1) is 0 Å². The zero-order valence-electron chi connectivity index (χ0n) is 18.4. The number of anilines is 2. The first-order valence-corrected chi connectivity index (χ1v) is 12.3. The minimum absolute atomic E-state index is 0.0430. The van der Waals surface area contributed by atoms with Gasteiger partial charge in [0.15, 0.2) is 5.82 Å². The fraction of sp³-hybridized carbons (Fsp3) is 0.391. The fourth-order valence-corrected chi connectivity index (χ4v) is 6.32. The van der Waals surface area contributed by atoms with Crippen LogP contribution in [0.1, 0.15) is 24.5 Å². The molecular formula is C23H24F4N3O3S. The maximum Gasteiger partial charge on any atom is 0.407 e. The summed E-state index contributed by atoms with van der Waals surface area (Å²) in [5, 5.41) is 0. The van der Waals surface area contributed by atoms with Crippen molar-refractivity contribution < 1.29 is 30.8 Å². The third-order valence-electron chi connectivity index (χ3n) is 6.23. The predicted octanol–water partition coefficient (Wildman–Crippen LogP) is 3.72. The largest absolute Gasteiger partial charge is 0.407 e. The first-order valence-electron chi connectivity index (χ1n) is 10.7. The zero-order valence-corrected chi connectivity index (χ0v) is 19.2. The number of alkyl halides is 3. The second kappa shape index (κ2) is 8.75. The average molecular weight is 499 g/mol. The molecule has 2 fully saturated rings. The molecule has 0 saturated carbocycles. The van der Waals surface area contributed by atoms with Crippen molar-refractivity contribution in [3.8, 4) is 0 Å². The molecule has 2 aromatic carbocycles. The van der Waals surface area contributed by atoms with Crippen molar-refractivity contribution in [2.75, 3.05) is 28.8 Å². The molecule has 0 aliphatic carbocycles. The maximum atomic E-state index is 15.4. The van der Waals surface area contributed by atoms with Crippen molar-refractivity contribution in [1.82, 2.24) is 4.90 Å². The minimum Gasteiger partial charge on any atom is -0.363 e. The summed E-state index contributed by atoms with van der Waals surface area (Å²) in [4.78, 5) is 15.2. The molecule has 2 aromatic rings. The van der Waals surface area contributed by atoms with Crippen LogP contribution in [0.2, 0.25) is 0 Å². The third kappa shape index (κ3) is 4.70. The number of benzene rings is 2. The van der Waals surface area contributed by atoms with Crippen LogP contribution in [0.5, 0.6) is 0 Å². The monoisotopic (exact) mass is 498 g/mol. The van der Waals surface area contributed by atoms with Crippen LogP contribution in [0.4, 0.5) is 28.9 Å². The van der Waals surface area contributed by atoms with E-state index in [-0.39, 0.29) is 45.7 Å². The summed E-state index contributed by atoms with van der Waals surface area (Å²) in [5.74, 6) is -1.96. The van der Waals surface area contributed by atoms with Crippen LogP contribution in [0, 0.1) is 12.7 Å². The number of nitrogens with zero attached hydrogens (tertiary/aromatic N) is 3. The number of sulfonamides is 1. The molecule has 6 nitrogen and oxygen atoms in total. The molecule has 1 radical (unpaired) electrons. The van der Waals surface area contributed by atoms with Crippen LogP contribution in [0.25, 0.3) is 0 Å². The topological polar surface area (TPSA) is 60.9 Å². The number of carbonyl (C=O) groups is 1. The second-order valence-electron chi connectivity index (χ2n) is 8.64. The van der Waals surface area contributed by atoms with Crippen molar-refractivity contribution in [3.05, 3.63) is 66.3 Å². The van der Waals surface area contributed by atoms with E-state index in [0.29, 0.717) is 13.0 Å². The highest BCUT2D eigenvalue weighted by Gasteiger charge is 2.47. The summed E-state index contributed by atoms with van der Waals surface area (Å²) < 4.78 is 82.9. The molecule has 0 N–H and O–H groups in total. The Morgan fingerprint density at radius 2 is 1.79 bits per heavy atom. The van der Waals surface area contributed by atoms with E-state index in [4.69, 9.17) is 0 Å². The smallest absolute Gasteiger partial charge is 0.363 e. The van der Waals surface area contributed by atoms with Gasteiger partial charge < -0.3 is 9.80 Å². The van der Waals surface area contributed by atoms with Crippen molar-refractivity contribution >= 4 is 27.3 Å². The normalized spacial score (nSPS) is 20.2. The summed E-state index contributed by atoms with van der Waals surface area (Å²) >= 11 is 0. The van der Waals surface area contributed by atoms with E-state index < -0.39 is 40.0 Å². The average Bonchev–Trinajstić information content (AvgIpc) is 3.35. The first-order chi connectivity index (χ1) is 15.9. The van der Waals surface area contributed by atoms with E-state index in [0.717, 1.165) is 0 Å². The highest BCUT2D eigenvalue weighted by molar-refractivity contribution is 7.92. The van der Waals surface area contributed by atoms with Gasteiger partial charge in [0.1, 0.15) is 12.2 Å². The molecule has 34 heavy (non-hydrogen) atoms. The number of amides is 1. The molecule has 4 rings (SSSR count). The molecule has 2 aliphatic heterocycles. The van der Waals surface area contributed by atoms with Crippen molar-refractivity contribution in [1.29, 1.82) is 0 Å². The van der Waals surface area contributed by atoms with Crippen LogP contribution in [0.3, 0.4) is 0 Å². The molecule has 1 amide bonds. The molecule has 2 bridgehead atoms. The second-order valence-corrected chi connectivity index (χ2v) is 10.5. The van der Waals surface area contributed by atoms with Gasteiger partial charge in [0, 0.05) is 26.1 Å². The Labute approximate surface area is 195 Å². The van der Waals surface area contributed by atoms with E-state index in [9.17, 15) is 26.4 Å². The van der Waals surface area contributed by atoms with E-state index in [1.807, 2.05) is 0 Å². The number of fused-ring (bicyclic) bond motifs is 2. The van der Waals surface area contributed by atoms with E-state index in [1.165, 1.54) is 31.2 Å². The Bertz CT molecular complexity index is 1190. The van der Waals surface area contributed by atoms with Crippen molar-refractivity contribution in [2.24, 2.45) is 0 Å². The number of hydrogen-bond donors (Lipinski definition) is 0. The lowest BCUT2D eigenvalue weighted by atomic mass is 10.1. The zero-order chi connectivity index (χ0) is 24.8. The third-order valence-corrected chi connectivity index (χ3v) is 7.91. The number of halogens is 4. The van der Waals surface area contributed by atoms with E-state index in [1.54, 1.807) is 28.0 Å². The Balaban J connectivity index is 1.79. The molecule has 0 unspecified atom stereocenters. The van der Waals surface area contributed by atoms with Gasteiger partial charge in [-0.2, -0.15) is 13.2 Å². The lowest BCUT2D eigenvalue weighted by Gasteiger charge is -2.38. The number of rotatable bonds is 6. The number of carbonyl (C=O) groups excluding carboxylic acids is 1. The van der Waals surface area contributed by atoms with E-state index >= 15 is 4.39 Å².